The van der Waals surface area contributed by atoms with Gasteiger partial charge >= 0.3 is 5.97 Å². The third-order valence-corrected chi connectivity index (χ3v) is 4.34. The molecule has 0 aromatic carbocycles. The molecule has 5 heteroatoms. The van der Waals surface area contributed by atoms with Gasteiger partial charge in [0, 0.05) is 12.1 Å². The fourth-order valence-corrected chi connectivity index (χ4v) is 3.42. The third-order valence-electron chi connectivity index (χ3n) is 4.34. The first kappa shape index (κ1) is 12.7. The molecular weight excluding hydrogens is 246 g/mol. The molecule has 0 amide bonds. The van der Waals surface area contributed by atoms with Crippen molar-refractivity contribution < 1.29 is 19.1 Å². The molecule has 104 valence electrons. The summed E-state index contributed by atoms with van der Waals surface area (Å²) in [5.74, 6) is 0.313. The van der Waals surface area contributed by atoms with Gasteiger partial charge in [0.15, 0.2) is 0 Å². The van der Waals surface area contributed by atoms with Crippen LogP contribution in [-0.2, 0) is 11.3 Å². The third kappa shape index (κ3) is 2.28. The van der Waals surface area contributed by atoms with Crippen LogP contribution in [0.1, 0.15) is 41.8 Å². The number of furan rings is 1. The van der Waals surface area contributed by atoms with Gasteiger partial charge in [-0.05, 0) is 31.7 Å². The van der Waals surface area contributed by atoms with Gasteiger partial charge in [-0.3, -0.25) is 4.90 Å². The summed E-state index contributed by atoms with van der Waals surface area (Å²) in [6.07, 6.45) is 5.24. The Labute approximate surface area is 112 Å². The molecule has 2 fully saturated rings. The second-order valence-electron chi connectivity index (χ2n) is 5.43. The molecule has 5 nitrogen and oxygen atoms in total. The minimum absolute atomic E-state index is 0.176. The number of aliphatic hydroxyl groups is 1. The van der Waals surface area contributed by atoms with E-state index in [1.54, 1.807) is 6.07 Å². The topological polar surface area (TPSA) is 62.9 Å². The number of carbonyl (C=O) groups is 1. The Bertz CT molecular complexity index is 456. The lowest BCUT2D eigenvalue weighted by atomic mass is 9.99. The van der Waals surface area contributed by atoms with Crippen molar-refractivity contribution in [2.45, 2.75) is 50.4 Å². The Morgan fingerprint density at radius 2 is 2.16 bits per heavy atom. The maximum Gasteiger partial charge on any atom is 0.341 e. The molecule has 2 unspecified atom stereocenters. The number of hydrogen-bond donors (Lipinski definition) is 1. The first-order valence-corrected chi connectivity index (χ1v) is 6.77. The molecule has 0 spiro atoms. The summed E-state index contributed by atoms with van der Waals surface area (Å²) in [7, 11) is 1.38. The number of ether oxygens (including phenoxy) is 1. The highest BCUT2D eigenvalue weighted by Crippen LogP contribution is 2.37. The average Bonchev–Trinajstić information content (AvgIpc) is 2.94. The molecule has 3 rings (SSSR count). The largest absolute Gasteiger partial charge is 0.467 e. The van der Waals surface area contributed by atoms with Crippen LogP contribution in [0.2, 0.25) is 0 Å². The number of esters is 1. The quantitative estimate of drug-likeness (QED) is 0.840. The van der Waals surface area contributed by atoms with Crippen LogP contribution >= 0.6 is 0 Å². The summed E-state index contributed by atoms with van der Waals surface area (Å²) < 4.78 is 10.2. The van der Waals surface area contributed by atoms with Gasteiger partial charge in [-0.15, -0.1) is 0 Å². The average molecular weight is 265 g/mol. The first-order chi connectivity index (χ1) is 9.19. The lowest BCUT2D eigenvalue weighted by molar-refractivity contribution is 0.0268. The Morgan fingerprint density at radius 1 is 1.47 bits per heavy atom. The van der Waals surface area contributed by atoms with Crippen LogP contribution in [0.5, 0.6) is 0 Å². The summed E-state index contributed by atoms with van der Waals surface area (Å²) in [6.45, 7) is 0.624. The highest BCUT2D eigenvalue weighted by atomic mass is 16.5. The Morgan fingerprint density at radius 3 is 2.79 bits per heavy atom. The molecule has 2 bridgehead atoms. The number of nitrogens with zero attached hydrogens (tertiary/aromatic N) is 1. The number of fused-ring (bicyclic) bond motifs is 2. The maximum atomic E-state index is 11.6. The smallest absolute Gasteiger partial charge is 0.341 e. The van der Waals surface area contributed by atoms with Crippen molar-refractivity contribution in [2.24, 2.45) is 0 Å². The van der Waals surface area contributed by atoms with Gasteiger partial charge in [-0.25, -0.2) is 4.79 Å². The minimum Gasteiger partial charge on any atom is -0.467 e. The highest BCUT2D eigenvalue weighted by Gasteiger charge is 2.40. The zero-order valence-corrected chi connectivity index (χ0v) is 11.0. The fourth-order valence-electron chi connectivity index (χ4n) is 3.42. The van der Waals surface area contributed by atoms with Crippen LogP contribution in [0, 0.1) is 0 Å². The van der Waals surface area contributed by atoms with E-state index in [0.717, 1.165) is 25.7 Å². The van der Waals surface area contributed by atoms with Gasteiger partial charge in [0.25, 0.3) is 0 Å². The fraction of sp³-hybridized carbons (Fsp3) is 0.643. The van der Waals surface area contributed by atoms with E-state index < -0.39 is 0 Å². The molecule has 1 N–H and O–H groups in total. The molecule has 2 aliphatic rings. The lowest BCUT2D eigenvalue weighted by Crippen LogP contribution is -2.44. The highest BCUT2D eigenvalue weighted by molar-refractivity contribution is 5.90. The van der Waals surface area contributed by atoms with E-state index >= 15 is 0 Å². The van der Waals surface area contributed by atoms with E-state index in [2.05, 4.69) is 4.90 Å². The maximum absolute atomic E-state index is 11.6. The van der Waals surface area contributed by atoms with E-state index in [0.29, 0.717) is 30.0 Å². The Hall–Kier alpha value is -1.33. The number of rotatable bonds is 3. The summed E-state index contributed by atoms with van der Waals surface area (Å²) in [4.78, 5) is 14.0. The SMILES string of the molecule is COC(=O)c1ccoc1CN1C2CCC1CC(O)C2. The first-order valence-electron chi connectivity index (χ1n) is 6.77. The number of carbonyl (C=O) groups excluding carboxylic acids is 1. The monoisotopic (exact) mass is 265 g/mol. The number of methoxy groups -OCH3 is 1. The zero-order valence-electron chi connectivity index (χ0n) is 11.0. The molecular formula is C14H19NO4. The van der Waals surface area contributed by atoms with E-state index in [9.17, 15) is 9.90 Å². The van der Waals surface area contributed by atoms with Crippen molar-refractivity contribution in [3.8, 4) is 0 Å². The van der Waals surface area contributed by atoms with E-state index in [4.69, 9.17) is 9.15 Å². The molecule has 0 aliphatic carbocycles. The van der Waals surface area contributed by atoms with Gasteiger partial charge in [0.1, 0.15) is 11.3 Å². The number of hydrogen-bond acceptors (Lipinski definition) is 5. The van der Waals surface area contributed by atoms with Gasteiger partial charge in [-0.2, -0.15) is 0 Å². The van der Waals surface area contributed by atoms with Crippen LogP contribution in [-0.4, -0.2) is 41.3 Å². The minimum atomic E-state index is -0.354. The Kier molecular flexibility index (Phi) is 3.33. The number of aliphatic hydroxyl groups excluding tert-OH is 1. The summed E-state index contributed by atoms with van der Waals surface area (Å²) in [5.41, 5.74) is 0.507. The summed E-state index contributed by atoms with van der Waals surface area (Å²) >= 11 is 0. The summed E-state index contributed by atoms with van der Waals surface area (Å²) in [5, 5.41) is 9.79. The van der Waals surface area contributed by atoms with Crippen LogP contribution < -0.4 is 0 Å². The van der Waals surface area contributed by atoms with Gasteiger partial charge < -0.3 is 14.3 Å². The van der Waals surface area contributed by atoms with Crippen LogP contribution in [0.4, 0.5) is 0 Å². The summed E-state index contributed by atoms with van der Waals surface area (Å²) in [6, 6.07) is 2.47. The van der Waals surface area contributed by atoms with Crippen molar-refractivity contribution in [2.75, 3.05) is 7.11 Å². The van der Waals surface area contributed by atoms with Crippen molar-refractivity contribution >= 4 is 5.97 Å². The molecule has 2 aliphatic heterocycles. The van der Waals surface area contributed by atoms with Gasteiger partial charge in [-0.1, -0.05) is 0 Å². The van der Waals surface area contributed by atoms with E-state index in [-0.39, 0.29) is 12.1 Å². The van der Waals surface area contributed by atoms with Gasteiger partial charge in [0.05, 0.1) is 26.0 Å². The molecule has 0 radical (unpaired) electrons. The van der Waals surface area contributed by atoms with Crippen LogP contribution in [0.25, 0.3) is 0 Å². The lowest BCUT2D eigenvalue weighted by Gasteiger charge is -2.36. The molecule has 3 heterocycles. The van der Waals surface area contributed by atoms with Crippen molar-refractivity contribution in [1.82, 2.24) is 4.90 Å². The normalized spacial score (nSPS) is 30.5. The Balaban J connectivity index is 1.76. The van der Waals surface area contributed by atoms with Crippen molar-refractivity contribution in [1.29, 1.82) is 0 Å². The molecule has 1 aromatic rings. The second-order valence-corrected chi connectivity index (χ2v) is 5.43. The molecule has 0 saturated carbocycles. The van der Waals surface area contributed by atoms with E-state index in [1.165, 1.54) is 13.4 Å². The second kappa shape index (κ2) is 4.98. The van der Waals surface area contributed by atoms with Crippen LogP contribution in [0.15, 0.2) is 16.7 Å². The standard InChI is InChI=1S/C14H19NO4/c1-18-14(17)12-4-5-19-13(12)8-15-9-2-3-10(15)7-11(16)6-9/h4-5,9-11,16H,2-3,6-8H2,1H3. The van der Waals surface area contributed by atoms with E-state index in [1.807, 2.05) is 0 Å². The number of piperidine rings is 1. The van der Waals surface area contributed by atoms with Crippen LogP contribution in [0.3, 0.4) is 0 Å². The molecule has 19 heavy (non-hydrogen) atoms. The molecule has 1 aromatic heterocycles. The van der Waals surface area contributed by atoms with Gasteiger partial charge in [0.2, 0.25) is 0 Å². The van der Waals surface area contributed by atoms with Crippen molar-refractivity contribution in [3.63, 3.8) is 0 Å². The molecule has 2 atom stereocenters. The molecule has 2 saturated heterocycles. The predicted octanol–water partition coefficient (Wildman–Crippen LogP) is 1.55. The zero-order chi connectivity index (χ0) is 13.4. The van der Waals surface area contributed by atoms with Crippen molar-refractivity contribution in [3.05, 3.63) is 23.7 Å². The predicted molar refractivity (Wildman–Crippen MR) is 67.6 cm³/mol.